The van der Waals surface area contributed by atoms with Gasteiger partial charge in [0, 0.05) is 30.6 Å². The number of hydrogen-bond acceptors (Lipinski definition) is 3. The van der Waals surface area contributed by atoms with Crippen molar-refractivity contribution < 1.29 is 4.39 Å². The van der Waals surface area contributed by atoms with Gasteiger partial charge in [-0.1, -0.05) is 6.07 Å². The van der Waals surface area contributed by atoms with Crippen molar-refractivity contribution in [2.45, 2.75) is 0 Å². The van der Waals surface area contributed by atoms with E-state index in [2.05, 4.69) is 10.2 Å². The topological polar surface area (TPSA) is 58.9 Å². The Balaban J connectivity index is 2.21. The molecule has 0 bridgehead atoms. The first kappa shape index (κ1) is 10.5. The molecule has 3 heterocycles. The Morgan fingerprint density at radius 1 is 1.28 bits per heavy atom. The molecule has 0 saturated carbocycles. The smallest absolute Gasteiger partial charge is 0.251 e. The summed E-state index contributed by atoms with van der Waals surface area (Å²) in [4.78, 5) is 0. The summed E-state index contributed by atoms with van der Waals surface area (Å²) in [6.07, 6.45) is 5.24. The number of nitrogens with zero attached hydrogens (tertiary/aromatic N) is 5. The highest BCUT2D eigenvalue weighted by molar-refractivity contribution is 5.67. The molecule has 0 radical (unpaired) electrons. The summed E-state index contributed by atoms with van der Waals surface area (Å²) in [6.45, 7) is 0. The molecule has 3 rings (SSSR count). The molecule has 0 aliphatic rings. The molecule has 0 unspecified atom stereocenters. The maximum absolute atomic E-state index is 13.4. The van der Waals surface area contributed by atoms with E-state index in [0.29, 0.717) is 5.52 Å². The number of halogens is 1. The quantitative estimate of drug-likeness (QED) is 0.652. The molecule has 3 aromatic rings. The second-order valence-corrected chi connectivity index (χ2v) is 3.93. The predicted octanol–water partition coefficient (Wildman–Crippen LogP) is 1.75. The van der Waals surface area contributed by atoms with Crippen molar-refractivity contribution in [2.24, 2.45) is 7.05 Å². The Labute approximate surface area is 102 Å². The number of hydrogen-bond donors (Lipinski definition) is 0. The zero-order chi connectivity index (χ0) is 12.7. The molecule has 5 nitrogen and oxygen atoms in total. The van der Waals surface area contributed by atoms with Crippen LogP contribution in [0.5, 0.6) is 0 Å². The molecule has 0 saturated heterocycles. The molecule has 3 aromatic heterocycles. The van der Waals surface area contributed by atoms with E-state index < -0.39 is 5.95 Å². The summed E-state index contributed by atoms with van der Waals surface area (Å²) in [6, 6.07) is 5.30. The van der Waals surface area contributed by atoms with Crippen molar-refractivity contribution in [3.63, 3.8) is 0 Å². The zero-order valence-corrected chi connectivity index (χ0v) is 9.50. The van der Waals surface area contributed by atoms with Crippen molar-refractivity contribution in [3.8, 4) is 17.2 Å². The summed E-state index contributed by atoms with van der Waals surface area (Å²) >= 11 is 0. The fourth-order valence-electron chi connectivity index (χ4n) is 1.86. The molecule has 6 heteroatoms. The third-order valence-corrected chi connectivity index (χ3v) is 2.74. The predicted molar refractivity (Wildman–Crippen MR) is 62.1 cm³/mol. The van der Waals surface area contributed by atoms with Crippen molar-refractivity contribution >= 4 is 5.52 Å². The molecule has 0 aliphatic carbocycles. The number of fused-ring (bicyclic) bond motifs is 1. The molecule has 0 aromatic carbocycles. The summed E-state index contributed by atoms with van der Waals surface area (Å²) in [5, 5.41) is 16.6. The van der Waals surface area contributed by atoms with Crippen LogP contribution >= 0.6 is 0 Å². The first-order valence-electron chi connectivity index (χ1n) is 5.26. The molecule has 0 fully saturated rings. The van der Waals surface area contributed by atoms with E-state index >= 15 is 0 Å². The second kappa shape index (κ2) is 3.67. The van der Waals surface area contributed by atoms with Gasteiger partial charge in [0.1, 0.15) is 11.6 Å². The molecule has 0 atom stereocenters. The Morgan fingerprint density at radius 3 is 2.78 bits per heavy atom. The van der Waals surface area contributed by atoms with Gasteiger partial charge in [0.2, 0.25) is 0 Å². The van der Waals surface area contributed by atoms with E-state index in [0.717, 1.165) is 11.1 Å². The molecule has 0 aliphatic heterocycles. The van der Waals surface area contributed by atoms with Crippen molar-refractivity contribution in [1.29, 1.82) is 5.26 Å². The lowest BCUT2D eigenvalue weighted by Gasteiger charge is -1.98. The van der Waals surface area contributed by atoms with E-state index in [1.54, 1.807) is 29.2 Å². The van der Waals surface area contributed by atoms with Crippen LogP contribution in [0.25, 0.3) is 16.6 Å². The van der Waals surface area contributed by atoms with Gasteiger partial charge in [-0.15, -0.1) is 5.10 Å². The third kappa shape index (κ3) is 1.45. The average Bonchev–Trinajstić information content (AvgIpc) is 2.90. The highest BCUT2D eigenvalue weighted by Gasteiger charge is 2.12. The van der Waals surface area contributed by atoms with Crippen molar-refractivity contribution in [3.05, 3.63) is 42.2 Å². The van der Waals surface area contributed by atoms with Crippen LogP contribution in [0.2, 0.25) is 0 Å². The standard InChI is InChI=1S/C12H8FN5/c1-17-6-9(5-15-17)8-2-3-11-10(4-14)12(13)16-18(11)7-8/h2-3,5-7H,1H3. The van der Waals surface area contributed by atoms with Gasteiger partial charge in [-0.3, -0.25) is 4.68 Å². The number of rotatable bonds is 1. The molecule has 0 spiro atoms. The van der Waals surface area contributed by atoms with Gasteiger partial charge in [-0.25, -0.2) is 4.52 Å². The maximum Gasteiger partial charge on any atom is 0.251 e. The van der Waals surface area contributed by atoms with E-state index in [9.17, 15) is 4.39 Å². The third-order valence-electron chi connectivity index (χ3n) is 2.74. The number of pyridine rings is 1. The molecule has 0 N–H and O–H groups in total. The van der Waals surface area contributed by atoms with Crippen molar-refractivity contribution in [2.75, 3.05) is 0 Å². The van der Waals surface area contributed by atoms with Gasteiger partial charge in [0.25, 0.3) is 5.95 Å². The van der Waals surface area contributed by atoms with E-state index in [4.69, 9.17) is 5.26 Å². The minimum atomic E-state index is -0.749. The van der Waals surface area contributed by atoms with Crippen LogP contribution < -0.4 is 0 Å². The normalized spacial score (nSPS) is 10.7. The van der Waals surface area contributed by atoms with Gasteiger partial charge < -0.3 is 0 Å². The zero-order valence-electron chi connectivity index (χ0n) is 9.50. The molecule has 88 valence electrons. The monoisotopic (exact) mass is 241 g/mol. The van der Waals surface area contributed by atoms with Crippen LogP contribution in [0.1, 0.15) is 5.56 Å². The summed E-state index contributed by atoms with van der Waals surface area (Å²) < 4.78 is 16.4. The van der Waals surface area contributed by atoms with E-state index in [1.165, 1.54) is 4.52 Å². The number of aromatic nitrogens is 4. The van der Waals surface area contributed by atoms with Gasteiger partial charge >= 0.3 is 0 Å². The van der Waals surface area contributed by atoms with E-state index in [1.807, 2.05) is 19.3 Å². The molecule has 18 heavy (non-hydrogen) atoms. The second-order valence-electron chi connectivity index (χ2n) is 3.93. The van der Waals surface area contributed by atoms with Crippen LogP contribution in [0.15, 0.2) is 30.7 Å². The van der Waals surface area contributed by atoms with Crippen molar-refractivity contribution in [1.82, 2.24) is 19.4 Å². The van der Waals surface area contributed by atoms with Crippen LogP contribution in [-0.4, -0.2) is 19.4 Å². The lowest BCUT2D eigenvalue weighted by molar-refractivity contribution is 0.568. The Hall–Kier alpha value is -2.68. The Bertz CT molecular complexity index is 777. The highest BCUT2D eigenvalue weighted by Crippen LogP contribution is 2.21. The van der Waals surface area contributed by atoms with Crippen LogP contribution in [0, 0.1) is 17.3 Å². The lowest BCUT2D eigenvalue weighted by atomic mass is 10.1. The van der Waals surface area contributed by atoms with Gasteiger partial charge in [-0.2, -0.15) is 14.8 Å². The Morgan fingerprint density at radius 2 is 2.11 bits per heavy atom. The molecular weight excluding hydrogens is 233 g/mol. The average molecular weight is 241 g/mol. The van der Waals surface area contributed by atoms with E-state index in [-0.39, 0.29) is 5.56 Å². The highest BCUT2D eigenvalue weighted by atomic mass is 19.1. The maximum atomic E-state index is 13.4. The fourth-order valence-corrected chi connectivity index (χ4v) is 1.86. The first-order valence-corrected chi connectivity index (χ1v) is 5.26. The van der Waals surface area contributed by atoms with Crippen LogP contribution in [0.3, 0.4) is 0 Å². The summed E-state index contributed by atoms with van der Waals surface area (Å²) in [5.41, 5.74) is 2.20. The molecule has 0 amide bonds. The Kier molecular flexibility index (Phi) is 2.13. The SMILES string of the molecule is Cn1cc(-c2ccc3c(C#N)c(F)nn3c2)cn1. The van der Waals surface area contributed by atoms with Crippen LogP contribution in [-0.2, 0) is 7.05 Å². The van der Waals surface area contributed by atoms with Gasteiger partial charge in [0.15, 0.2) is 0 Å². The number of nitriles is 1. The fraction of sp³-hybridized carbons (Fsp3) is 0.0833. The lowest BCUT2D eigenvalue weighted by Crippen LogP contribution is -1.88. The summed E-state index contributed by atoms with van der Waals surface area (Å²) in [7, 11) is 1.82. The van der Waals surface area contributed by atoms with Gasteiger partial charge in [-0.05, 0) is 6.07 Å². The number of aryl methyl sites for hydroxylation is 1. The summed E-state index contributed by atoms with van der Waals surface area (Å²) in [5.74, 6) is -0.749. The largest absolute Gasteiger partial charge is 0.275 e. The first-order chi connectivity index (χ1) is 8.69. The molecular formula is C12H8FN5. The van der Waals surface area contributed by atoms with Crippen LogP contribution in [0.4, 0.5) is 4.39 Å². The minimum Gasteiger partial charge on any atom is -0.275 e. The van der Waals surface area contributed by atoms with Gasteiger partial charge in [0.05, 0.1) is 11.7 Å². The minimum absolute atomic E-state index is 0.0345.